The minimum absolute atomic E-state index is 0.115. The number of amides is 1. The Morgan fingerprint density at radius 1 is 1.53 bits per heavy atom. The van der Waals surface area contributed by atoms with Gasteiger partial charge in [0.2, 0.25) is 0 Å². The third-order valence-electron chi connectivity index (χ3n) is 1.41. The zero-order chi connectivity index (χ0) is 13.3. The first kappa shape index (κ1) is 15.6. The minimum Gasteiger partial charge on any atom is -0.463 e. The van der Waals surface area contributed by atoms with Crippen molar-refractivity contribution in [1.29, 1.82) is 5.26 Å². The highest BCUT2D eigenvalue weighted by molar-refractivity contribution is 8.23. The molecule has 7 heteroatoms. The molecule has 0 heterocycles. The fourth-order valence-corrected chi connectivity index (χ4v) is 2.22. The quantitative estimate of drug-likeness (QED) is 0.446. The molecular formula is C10H12N2O3S2. The molecular weight excluding hydrogens is 260 g/mol. The van der Waals surface area contributed by atoms with E-state index in [0.717, 1.165) is 11.8 Å². The number of nitrogens with zero attached hydrogens (tertiary/aromatic N) is 1. The summed E-state index contributed by atoms with van der Waals surface area (Å²) in [7, 11) is 0. The number of esters is 1. The summed E-state index contributed by atoms with van der Waals surface area (Å²) in [5.74, 6) is -1.26. The first-order chi connectivity index (χ1) is 8.06. The Morgan fingerprint density at radius 2 is 2.18 bits per heavy atom. The first-order valence-corrected chi connectivity index (χ1v) is 6.65. The lowest BCUT2D eigenvalue weighted by Gasteiger charge is -2.01. The second-order valence-electron chi connectivity index (χ2n) is 2.52. The molecule has 0 spiro atoms. The first-order valence-electron chi connectivity index (χ1n) is 4.54. The number of primary amides is 1. The van der Waals surface area contributed by atoms with E-state index in [9.17, 15) is 9.59 Å². The molecule has 92 valence electrons. The van der Waals surface area contributed by atoms with E-state index in [4.69, 9.17) is 11.0 Å². The third kappa shape index (κ3) is 6.04. The van der Waals surface area contributed by atoms with Crippen molar-refractivity contribution < 1.29 is 14.3 Å². The molecule has 0 radical (unpaired) electrons. The number of carbonyl (C=O) groups is 2. The number of carbonyl (C=O) groups excluding carboxylic acids is 2. The molecule has 0 atom stereocenters. The van der Waals surface area contributed by atoms with Gasteiger partial charge in [0, 0.05) is 6.08 Å². The minimum atomic E-state index is -0.783. The van der Waals surface area contributed by atoms with E-state index in [1.165, 1.54) is 23.2 Å². The SMILES string of the molecule is CCOC(=O)/C=C/S/C(SC)=C(\C#N)C(N)=O. The molecule has 1 amide bonds. The van der Waals surface area contributed by atoms with E-state index < -0.39 is 11.9 Å². The summed E-state index contributed by atoms with van der Waals surface area (Å²) in [6.45, 7) is 2.00. The van der Waals surface area contributed by atoms with Crippen LogP contribution in [-0.4, -0.2) is 24.7 Å². The van der Waals surface area contributed by atoms with Gasteiger partial charge in [-0.15, -0.1) is 11.8 Å². The summed E-state index contributed by atoms with van der Waals surface area (Å²) in [6, 6.07) is 1.73. The summed E-state index contributed by atoms with van der Waals surface area (Å²) in [4.78, 5) is 21.9. The van der Waals surface area contributed by atoms with Crippen LogP contribution in [0.3, 0.4) is 0 Å². The van der Waals surface area contributed by atoms with Crippen LogP contribution in [0.15, 0.2) is 21.3 Å². The van der Waals surface area contributed by atoms with Crippen LogP contribution in [0.1, 0.15) is 6.92 Å². The van der Waals surface area contributed by atoms with Crippen molar-refractivity contribution in [1.82, 2.24) is 0 Å². The van der Waals surface area contributed by atoms with Gasteiger partial charge in [0.25, 0.3) is 5.91 Å². The van der Waals surface area contributed by atoms with Crippen molar-refractivity contribution in [2.75, 3.05) is 12.9 Å². The number of ether oxygens (including phenoxy) is 1. The van der Waals surface area contributed by atoms with E-state index in [-0.39, 0.29) is 5.57 Å². The highest BCUT2D eigenvalue weighted by Crippen LogP contribution is 2.30. The Bertz CT molecular complexity index is 397. The number of thioether (sulfide) groups is 2. The molecule has 0 saturated carbocycles. The molecule has 0 unspecified atom stereocenters. The Labute approximate surface area is 108 Å². The fourth-order valence-electron chi connectivity index (χ4n) is 0.752. The van der Waals surface area contributed by atoms with E-state index >= 15 is 0 Å². The van der Waals surface area contributed by atoms with Crippen molar-refractivity contribution in [3.63, 3.8) is 0 Å². The van der Waals surface area contributed by atoms with E-state index in [1.54, 1.807) is 19.2 Å². The maximum Gasteiger partial charge on any atom is 0.331 e. The summed E-state index contributed by atoms with van der Waals surface area (Å²) in [6.07, 6.45) is 2.93. The second-order valence-corrected chi connectivity index (χ2v) is 4.51. The highest BCUT2D eigenvalue weighted by atomic mass is 32.2. The van der Waals surface area contributed by atoms with Crippen LogP contribution in [-0.2, 0) is 14.3 Å². The monoisotopic (exact) mass is 272 g/mol. The average Bonchev–Trinajstić information content (AvgIpc) is 2.27. The lowest BCUT2D eigenvalue weighted by atomic mass is 10.3. The van der Waals surface area contributed by atoms with Crippen LogP contribution in [0, 0.1) is 11.3 Å². The van der Waals surface area contributed by atoms with Crippen molar-refractivity contribution in [2.45, 2.75) is 6.92 Å². The van der Waals surface area contributed by atoms with Gasteiger partial charge in [-0.3, -0.25) is 4.79 Å². The van der Waals surface area contributed by atoms with Gasteiger partial charge in [-0.2, -0.15) is 5.26 Å². The van der Waals surface area contributed by atoms with Crippen molar-refractivity contribution in [3.05, 3.63) is 21.3 Å². The van der Waals surface area contributed by atoms with Crippen LogP contribution >= 0.6 is 23.5 Å². The molecule has 0 aliphatic carbocycles. The zero-order valence-corrected chi connectivity index (χ0v) is 11.1. The normalized spacial score (nSPS) is 11.8. The van der Waals surface area contributed by atoms with Crippen molar-refractivity contribution >= 4 is 35.4 Å². The molecule has 0 fully saturated rings. The van der Waals surface area contributed by atoms with Gasteiger partial charge >= 0.3 is 5.97 Å². The predicted molar refractivity (Wildman–Crippen MR) is 68.7 cm³/mol. The summed E-state index contributed by atoms with van der Waals surface area (Å²) in [5.41, 5.74) is 4.93. The zero-order valence-electron chi connectivity index (χ0n) is 9.43. The Morgan fingerprint density at radius 3 is 2.59 bits per heavy atom. The molecule has 17 heavy (non-hydrogen) atoms. The molecule has 0 saturated heterocycles. The van der Waals surface area contributed by atoms with Gasteiger partial charge < -0.3 is 10.5 Å². The van der Waals surface area contributed by atoms with Gasteiger partial charge in [0.05, 0.1) is 10.8 Å². The van der Waals surface area contributed by atoms with Gasteiger partial charge in [-0.1, -0.05) is 11.8 Å². The van der Waals surface area contributed by atoms with Crippen LogP contribution < -0.4 is 5.73 Å². The molecule has 0 bridgehead atoms. The van der Waals surface area contributed by atoms with Crippen LogP contribution in [0.25, 0.3) is 0 Å². The molecule has 0 aromatic rings. The maximum absolute atomic E-state index is 11.0. The molecule has 0 aromatic carbocycles. The second kappa shape index (κ2) is 8.73. The van der Waals surface area contributed by atoms with Crippen molar-refractivity contribution in [2.24, 2.45) is 5.73 Å². The average molecular weight is 272 g/mol. The Balaban J connectivity index is 4.68. The lowest BCUT2D eigenvalue weighted by molar-refractivity contribution is -0.137. The molecule has 0 rings (SSSR count). The number of rotatable bonds is 6. The van der Waals surface area contributed by atoms with E-state index in [0.29, 0.717) is 10.8 Å². The molecule has 5 nitrogen and oxygen atoms in total. The molecule has 0 aliphatic heterocycles. The number of hydrogen-bond acceptors (Lipinski definition) is 6. The smallest absolute Gasteiger partial charge is 0.331 e. The lowest BCUT2D eigenvalue weighted by Crippen LogP contribution is -2.13. The summed E-state index contributed by atoms with van der Waals surface area (Å²) < 4.78 is 5.12. The van der Waals surface area contributed by atoms with Gasteiger partial charge in [0.1, 0.15) is 11.6 Å². The van der Waals surface area contributed by atoms with Gasteiger partial charge in [0.15, 0.2) is 0 Å². The Hall–Kier alpha value is -1.39. The number of hydrogen-bond donors (Lipinski definition) is 1. The fraction of sp³-hybridized carbons (Fsp3) is 0.300. The predicted octanol–water partition coefficient (Wildman–Crippen LogP) is 1.38. The van der Waals surface area contributed by atoms with Crippen LogP contribution in [0.4, 0.5) is 0 Å². The highest BCUT2D eigenvalue weighted by Gasteiger charge is 2.11. The van der Waals surface area contributed by atoms with E-state index in [2.05, 4.69) is 4.74 Å². The standard InChI is InChI=1S/C10H12N2O3S2/c1-3-15-8(13)4-5-17-10(16-2)7(6-11)9(12)14/h4-5H,3H2,1-2H3,(H2,12,14)/b5-4+,10-7+. The van der Waals surface area contributed by atoms with Crippen LogP contribution in [0.5, 0.6) is 0 Å². The summed E-state index contributed by atoms with van der Waals surface area (Å²) in [5, 5.41) is 10.2. The molecule has 0 aromatic heterocycles. The summed E-state index contributed by atoms with van der Waals surface area (Å²) >= 11 is 2.29. The Kier molecular flexibility index (Phi) is 8.01. The van der Waals surface area contributed by atoms with Crippen molar-refractivity contribution in [3.8, 4) is 6.07 Å². The van der Waals surface area contributed by atoms with Gasteiger partial charge in [-0.25, -0.2) is 4.79 Å². The molecule has 0 aliphatic rings. The molecule has 2 N–H and O–H groups in total. The van der Waals surface area contributed by atoms with Gasteiger partial charge in [-0.05, 0) is 18.6 Å². The third-order valence-corrected chi connectivity index (χ3v) is 3.47. The topological polar surface area (TPSA) is 93.2 Å². The van der Waals surface area contributed by atoms with E-state index in [1.807, 2.05) is 0 Å². The maximum atomic E-state index is 11.0. The van der Waals surface area contributed by atoms with Crippen LogP contribution in [0.2, 0.25) is 0 Å². The number of nitriles is 1. The number of nitrogens with two attached hydrogens (primary N) is 1. The largest absolute Gasteiger partial charge is 0.463 e.